The minimum atomic E-state index is -0.308. The standard InChI is InChI=1S/C25H27N3O3/c1-17-7-3-4-9-20(17)23(22-18(2)8-5-13-26-22)27-24(29)19-11-14-28(15-12-19)25(30)21-10-6-16-31-21/h3-10,13,16,19,23H,11-12,14-15H2,1-2H3,(H,27,29). The molecule has 31 heavy (non-hydrogen) atoms. The van der Waals surface area contributed by atoms with Crippen LogP contribution in [0, 0.1) is 19.8 Å². The Morgan fingerprint density at radius 1 is 1.03 bits per heavy atom. The number of carbonyl (C=O) groups is 2. The second-order valence-electron chi connectivity index (χ2n) is 8.05. The second-order valence-corrected chi connectivity index (χ2v) is 8.05. The lowest BCUT2D eigenvalue weighted by molar-refractivity contribution is -0.126. The highest BCUT2D eigenvalue weighted by Gasteiger charge is 2.31. The topological polar surface area (TPSA) is 75.4 Å². The van der Waals surface area contributed by atoms with Crippen LogP contribution in [0.4, 0.5) is 0 Å². The Morgan fingerprint density at radius 3 is 2.45 bits per heavy atom. The summed E-state index contributed by atoms with van der Waals surface area (Å²) >= 11 is 0. The molecule has 1 atom stereocenters. The molecule has 0 radical (unpaired) electrons. The summed E-state index contributed by atoms with van der Waals surface area (Å²) in [6, 6.07) is 15.1. The van der Waals surface area contributed by atoms with Gasteiger partial charge in [0.1, 0.15) is 0 Å². The first kappa shape index (κ1) is 20.8. The summed E-state index contributed by atoms with van der Waals surface area (Å²) in [5, 5.41) is 3.25. The Kier molecular flexibility index (Phi) is 6.16. The van der Waals surface area contributed by atoms with Crippen molar-refractivity contribution < 1.29 is 14.0 Å². The number of furan rings is 1. The van der Waals surface area contributed by atoms with Crippen molar-refractivity contribution in [1.29, 1.82) is 0 Å². The van der Waals surface area contributed by atoms with E-state index in [9.17, 15) is 9.59 Å². The molecule has 2 amide bonds. The van der Waals surface area contributed by atoms with Gasteiger partial charge in [0.05, 0.1) is 18.0 Å². The van der Waals surface area contributed by atoms with Gasteiger partial charge in [0.15, 0.2) is 5.76 Å². The van der Waals surface area contributed by atoms with Crippen molar-refractivity contribution in [3.63, 3.8) is 0 Å². The van der Waals surface area contributed by atoms with Crippen molar-refractivity contribution in [2.75, 3.05) is 13.1 Å². The third kappa shape index (κ3) is 4.53. The minimum absolute atomic E-state index is 0.00315. The van der Waals surface area contributed by atoms with E-state index >= 15 is 0 Å². The first-order valence-electron chi connectivity index (χ1n) is 10.6. The van der Waals surface area contributed by atoms with Crippen molar-refractivity contribution in [1.82, 2.24) is 15.2 Å². The Morgan fingerprint density at radius 2 is 1.77 bits per heavy atom. The molecule has 1 aliphatic heterocycles. The Bertz CT molecular complexity index is 1010. The van der Waals surface area contributed by atoms with Crippen LogP contribution in [0.1, 0.15) is 51.8 Å². The number of aromatic nitrogens is 1. The van der Waals surface area contributed by atoms with Crippen molar-refractivity contribution in [2.45, 2.75) is 32.7 Å². The smallest absolute Gasteiger partial charge is 0.289 e. The molecule has 1 N–H and O–H groups in total. The van der Waals surface area contributed by atoms with Crippen LogP contribution in [-0.4, -0.2) is 34.8 Å². The van der Waals surface area contributed by atoms with Gasteiger partial charge in [-0.3, -0.25) is 14.6 Å². The van der Waals surface area contributed by atoms with Crippen LogP contribution in [0.15, 0.2) is 65.4 Å². The molecule has 1 aromatic carbocycles. The van der Waals surface area contributed by atoms with Crippen molar-refractivity contribution in [3.8, 4) is 0 Å². The van der Waals surface area contributed by atoms with Crippen LogP contribution in [0.25, 0.3) is 0 Å². The van der Waals surface area contributed by atoms with E-state index in [1.807, 2.05) is 50.2 Å². The number of likely N-dealkylation sites (tertiary alicyclic amines) is 1. The van der Waals surface area contributed by atoms with Gasteiger partial charge in [0, 0.05) is 25.2 Å². The van der Waals surface area contributed by atoms with Crippen LogP contribution in [0.2, 0.25) is 0 Å². The van der Waals surface area contributed by atoms with E-state index in [4.69, 9.17) is 4.42 Å². The number of piperidine rings is 1. The van der Waals surface area contributed by atoms with Crippen LogP contribution < -0.4 is 5.32 Å². The summed E-state index contributed by atoms with van der Waals surface area (Å²) in [6.45, 7) is 5.13. The molecule has 1 saturated heterocycles. The van der Waals surface area contributed by atoms with E-state index in [1.54, 1.807) is 23.2 Å². The van der Waals surface area contributed by atoms with Gasteiger partial charge < -0.3 is 14.6 Å². The predicted octanol–water partition coefficient (Wildman–Crippen LogP) is 4.05. The summed E-state index contributed by atoms with van der Waals surface area (Å²) in [7, 11) is 0. The Labute approximate surface area is 182 Å². The summed E-state index contributed by atoms with van der Waals surface area (Å²) < 4.78 is 5.22. The predicted molar refractivity (Wildman–Crippen MR) is 117 cm³/mol. The summed E-state index contributed by atoms with van der Waals surface area (Å²) in [5.41, 5.74) is 4.05. The first-order chi connectivity index (χ1) is 15.0. The van der Waals surface area contributed by atoms with Gasteiger partial charge in [0.2, 0.25) is 5.91 Å². The number of amides is 2. The van der Waals surface area contributed by atoms with Gasteiger partial charge in [-0.25, -0.2) is 0 Å². The van der Waals surface area contributed by atoms with Gasteiger partial charge in [-0.15, -0.1) is 0 Å². The fourth-order valence-corrected chi connectivity index (χ4v) is 4.17. The molecule has 0 aliphatic carbocycles. The Balaban J connectivity index is 1.48. The van der Waals surface area contributed by atoms with Gasteiger partial charge in [0.25, 0.3) is 5.91 Å². The molecule has 3 heterocycles. The lowest BCUT2D eigenvalue weighted by Gasteiger charge is -2.32. The molecule has 0 spiro atoms. The molecule has 6 heteroatoms. The van der Waals surface area contributed by atoms with Gasteiger partial charge in [-0.05, 0) is 61.6 Å². The van der Waals surface area contributed by atoms with Crippen molar-refractivity contribution >= 4 is 11.8 Å². The van der Waals surface area contributed by atoms with Gasteiger partial charge in [-0.1, -0.05) is 30.3 Å². The number of pyridine rings is 1. The fourth-order valence-electron chi connectivity index (χ4n) is 4.17. The number of carbonyl (C=O) groups excluding carboxylic acids is 2. The minimum Gasteiger partial charge on any atom is -0.459 e. The molecule has 0 bridgehead atoms. The second kappa shape index (κ2) is 9.16. The number of nitrogens with one attached hydrogen (secondary N) is 1. The number of aryl methyl sites for hydroxylation is 2. The van der Waals surface area contributed by atoms with Crippen LogP contribution in [0.5, 0.6) is 0 Å². The van der Waals surface area contributed by atoms with E-state index in [-0.39, 0.29) is 23.8 Å². The lowest BCUT2D eigenvalue weighted by atomic mass is 9.92. The van der Waals surface area contributed by atoms with Gasteiger partial charge in [-0.2, -0.15) is 0 Å². The molecule has 4 rings (SSSR count). The highest BCUT2D eigenvalue weighted by Crippen LogP contribution is 2.27. The molecule has 1 aliphatic rings. The number of hydrogen-bond donors (Lipinski definition) is 1. The van der Waals surface area contributed by atoms with E-state index in [0.29, 0.717) is 31.7 Å². The zero-order valence-electron chi connectivity index (χ0n) is 17.9. The van der Waals surface area contributed by atoms with Crippen molar-refractivity contribution in [2.24, 2.45) is 5.92 Å². The number of benzene rings is 1. The molecular formula is C25H27N3O3. The summed E-state index contributed by atoms with van der Waals surface area (Å²) in [4.78, 5) is 32.0. The Hall–Kier alpha value is -3.41. The van der Waals surface area contributed by atoms with E-state index < -0.39 is 0 Å². The largest absolute Gasteiger partial charge is 0.459 e. The first-order valence-corrected chi connectivity index (χ1v) is 10.6. The normalized spacial score (nSPS) is 15.5. The maximum absolute atomic E-state index is 13.2. The van der Waals surface area contributed by atoms with Crippen LogP contribution in [-0.2, 0) is 4.79 Å². The zero-order chi connectivity index (χ0) is 21.8. The average Bonchev–Trinajstić information content (AvgIpc) is 3.33. The molecule has 1 unspecified atom stereocenters. The maximum Gasteiger partial charge on any atom is 0.289 e. The average molecular weight is 418 g/mol. The molecule has 160 valence electrons. The fraction of sp³-hybridized carbons (Fsp3) is 0.320. The third-order valence-electron chi connectivity index (χ3n) is 5.99. The molecule has 1 fully saturated rings. The maximum atomic E-state index is 13.2. The molecule has 0 saturated carbocycles. The zero-order valence-corrected chi connectivity index (χ0v) is 17.9. The van der Waals surface area contributed by atoms with Crippen molar-refractivity contribution in [3.05, 3.63) is 89.1 Å². The molecule has 3 aromatic rings. The monoisotopic (exact) mass is 417 g/mol. The van der Waals surface area contributed by atoms with E-state index in [0.717, 1.165) is 22.4 Å². The number of nitrogens with zero attached hydrogens (tertiary/aromatic N) is 2. The molecule has 6 nitrogen and oxygen atoms in total. The summed E-state index contributed by atoms with van der Waals surface area (Å²) in [5.74, 6) is 0.0819. The lowest BCUT2D eigenvalue weighted by Crippen LogP contribution is -2.44. The highest BCUT2D eigenvalue weighted by atomic mass is 16.3. The number of rotatable bonds is 5. The number of hydrogen-bond acceptors (Lipinski definition) is 4. The van der Waals surface area contributed by atoms with E-state index in [2.05, 4.69) is 10.3 Å². The third-order valence-corrected chi connectivity index (χ3v) is 5.99. The van der Waals surface area contributed by atoms with Crippen LogP contribution >= 0.6 is 0 Å². The molecular weight excluding hydrogens is 390 g/mol. The SMILES string of the molecule is Cc1ccccc1C(NC(=O)C1CCN(C(=O)c2ccco2)CC1)c1ncccc1C. The quantitative estimate of drug-likeness (QED) is 0.680. The highest BCUT2D eigenvalue weighted by molar-refractivity contribution is 5.91. The van der Waals surface area contributed by atoms with E-state index in [1.165, 1.54) is 6.26 Å². The van der Waals surface area contributed by atoms with Gasteiger partial charge >= 0.3 is 0 Å². The summed E-state index contributed by atoms with van der Waals surface area (Å²) in [6.07, 6.45) is 4.51. The van der Waals surface area contributed by atoms with Crippen LogP contribution in [0.3, 0.4) is 0 Å². The molecule has 2 aromatic heterocycles.